The van der Waals surface area contributed by atoms with Crippen LogP contribution in [0.15, 0.2) is 12.2 Å². The number of unbranched alkanes of at least 4 members (excludes halogenated alkanes) is 25. The first kappa shape index (κ1) is 76.6. The number of thiol groups is 3. The van der Waals surface area contributed by atoms with Crippen LogP contribution in [0.4, 0.5) is 0 Å². The molecule has 0 amide bonds. The van der Waals surface area contributed by atoms with E-state index in [1.54, 1.807) is 0 Å². The van der Waals surface area contributed by atoms with Crippen molar-refractivity contribution in [2.45, 2.75) is 328 Å². The fourth-order valence-electron chi connectivity index (χ4n) is 9.53. The van der Waals surface area contributed by atoms with E-state index in [2.05, 4.69) is 70.8 Å². The molecule has 0 rings (SSSR count). The number of allylic oxidation sites excluding steroid dienone is 2. The van der Waals surface area contributed by atoms with E-state index >= 15 is 0 Å². The summed E-state index contributed by atoms with van der Waals surface area (Å²) in [5, 5.41) is 0. The number of ether oxygens (including phenoxy) is 6. The van der Waals surface area contributed by atoms with Crippen LogP contribution in [0.1, 0.15) is 303 Å². The number of esters is 6. The molecule has 79 heavy (non-hydrogen) atoms. The van der Waals surface area contributed by atoms with E-state index in [1.807, 2.05) is 0 Å². The Bertz CT molecular complexity index is 1500. The Morgan fingerprint density at radius 3 is 0.911 bits per heavy atom. The van der Waals surface area contributed by atoms with Crippen molar-refractivity contribution < 1.29 is 57.2 Å². The minimum absolute atomic E-state index is 0.0540. The third kappa shape index (κ3) is 53.4. The Kier molecular flexibility index (Phi) is 57.0. The van der Waals surface area contributed by atoms with Gasteiger partial charge in [-0.3, -0.25) is 28.8 Å². The molecule has 0 aromatic heterocycles. The van der Waals surface area contributed by atoms with Gasteiger partial charge in [-0.25, -0.2) is 0 Å². The largest absolute Gasteiger partial charge is 0.462 e. The predicted molar refractivity (Wildman–Crippen MR) is 332 cm³/mol. The molecule has 0 aromatic carbocycles. The molecule has 0 aromatic rings. The highest BCUT2D eigenvalue weighted by Gasteiger charge is 2.21. The third-order valence-electron chi connectivity index (χ3n) is 14.3. The summed E-state index contributed by atoms with van der Waals surface area (Å²) < 4.78 is 34.3. The van der Waals surface area contributed by atoms with Gasteiger partial charge < -0.3 is 28.4 Å². The lowest BCUT2D eigenvalue weighted by molar-refractivity contribution is -0.167. The SMILES string of the molecule is CCCCCCC=CCCCCCCCC(=O)OC(COC(=O)CCCCCCCC(CCCCCCCCC)OC(=O)CCS)COC(=O)CCCCCCCC(CCCC(CCCCC)OC(=O)CCS)OC(=O)CCS. The smallest absolute Gasteiger partial charge is 0.306 e. The highest BCUT2D eigenvalue weighted by atomic mass is 32.1. The first-order valence-corrected chi connectivity index (χ1v) is 34.0. The third-order valence-corrected chi connectivity index (χ3v) is 14.9. The van der Waals surface area contributed by atoms with Gasteiger partial charge in [0.1, 0.15) is 31.5 Å². The predicted octanol–water partition coefficient (Wildman–Crippen LogP) is 17.3. The molecule has 0 saturated heterocycles. The molecular weight excluding hydrogens is 1060 g/mol. The van der Waals surface area contributed by atoms with E-state index in [-0.39, 0.29) is 99.4 Å². The van der Waals surface area contributed by atoms with Crippen LogP contribution >= 0.6 is 37.9 Å². The fourth-order valence-corrected chi connectivity index (χ4v) is 10.1. The summed E-state index contributed by atoms with van der Waals surface area (Å²) >= 11 is 12.6. The molecule has 0 aliphatic rings. The second-order valence-electron chi connectivity index (χ2n) is 21.8. The van der Waals surface area contributed by atoms with Crippen molar-refractivity contribution in [3.05, 3.63) is 12.2 Å². The maximum Gasteiger partial charge on any atom is 0.306 e. The van der Waals surface area contributed by atoms with Crippen LogP contribution in [0.5, 0.6) is 0 Å². The lowest BCUT2D eigenvalue weighted by Crippen LogP contribution is -2.30. The minimum Gasteiger partial charge on any atom is -0.462 e. The Morgan fingerprint density at radius 1 is 0.291 bits per heavy atom. The van der Waals surface area contributed by atoms with Crippen molar-refractivity contribution in [2.75, 3.05) is 30.5 Å². The number of carbonyl (C=O) groups is 6. The summed E-state index contributed by atoms with van der Waals surface area (Å²) in [6.45, 7) is 6.25. The molecule has 15 heteroatoms. The van der Waals surface area contributed by atoms with E-state index < -0.39 is 6.10 Å². The maximum atomic E-state index is 13.0. The lowest BCUT2D eigenvalue weighted by Gasteiger charge is -2.21. The first-order chi connectivity index (χ1) is 38.5. The lowest BCUT2D eigenvalue weighted by atomic mass is 10.00. The summed E-state index contributed by atoms with van der Waals surface area (Å²) in [6.07, 6.45) is 43.1. The van der Waals surface area contributed by atoms with E-state index in [1.165, 1.54) is 64.2 Å². The molecule has 0 aliphatic carbocycles. The van der Waals surface area contributed by atoms with Crippen molar-refractivity contribution in [2.24, 2.45) is 0 Å². The molecule has 0 spiro atoms. The van der Waals surface area contributed by atoms with Crippen LogP contribution in [-0.2, 0) is 57.2 Å². The summed E-state index contributed by atoms with van der Waals surface area (Å²) in [6, 6.07) is 0. The van der Waals surface area contributed by atoms with Crippen molar-refractivity contribution in [3.8, 4) is 0 Å². The van der Waals surface area contributed by atoms with Gasteiger partial charge in [0, 0.05) is 36.5 Å². The average molecular weight is 1170 g/mol. The zero-order valence-corrected chi connectivity index (χ0v) is 53.0. The minimum atomic E-state index is -0.889. The van der Waals surface area contributed by atoms with Crippen LogP contribution in [-0.4, -0.2) is 90.7 Å². The zero-order valence-electron chi connectivity index (χ0n) is 50.4. The molecule has 0 fully saturated rings. The molecule has 0 saturated carbocycles. The van der Waals surface area contributed by atoms with Crippen LogP contribution < -0.4 is 0 Å². The molecule has 0 aliphatic heterocycles. The van der Waals surface area contributed by atoms with Crippen molar-refractivity contribution >= 4 is 73.7 Å². The topological polar surface area (TPSA) is 158 Å². The van der Waals surface area contributed by atoms with Crippen LogP contribution in [0, 0.1) is 0 Å². The Morgan fingerprint density at radius 2 is 0.544 bits per heavy atom. The van der Waals surface area contributed by atoms with Gasteiger partial charge in [0.2, 0.25) is 0 Å². The van der Waals surface area contributed by atoms with E-state index in [4.69, 9.17) is 28.4 Å². The number of hydrogen-bond acceptors (Lipinski definition) is 15. The first-order valence-electron chi connectivity index (χ1n) is 32.1. The van der Waals surface area contributed by atoms with Crippen molar-refractivity contribution in [3.63, 3.8) is 0 Å². The van der Waals surface area contributed by atoms with Crippen LogP contribution in [0.3, 0.4) is 0 Å². The molecule has 12 nitrogen and oxygen atoms in total. The van der Waals surface area contributed by atoms with Gasteiger partial charge in [0.05, 0.1) is 19.3 Å². The molecule has 0 heterocycles. The molecule has 0 radical (unpaired) electrons. The van der Waals surface area contributed by atoms with Crippen LogP contribution in [0.25, 0.3) is 0 Å². The number of hydrogen-bond donors (Lipinski definition) is 3. The number of rotatable bonds is 59. The van der Waals surface area contributed by atoms with Gasteiger partial charge >= 0.3 is 35.8 Å². The Hall–Kier alpha value is -2.39. The van der Waals surface area contributed by atoms with E-state index in [0.717, 1.165) is 154 Å². The highest BCUT2D eigenvalue weighted by molar-refractivity contribution is 7.80. The van der Waals surface area contributed by atoms with Gasteiger partial charge in [-0.05, 0) is 116 Å². The second kappa shape index (κ2) is 58.8. The average Bonchev–Trinajstić information content (AvgIpc) is 3.42. The second-order valence-corrected chi connectivity index (χ2v) is 23.2. The normalized spacial score (nSPS) is 12.9. The fraction of sp³-hybridized carbons (Fsp3) is 0.875. The molecule has 0 N–H and O–H groups in total. The summed E-state index contributed by atoms with van der Waals surface area (Å²) in [5.41, 5.74) is 0. The Balaban J connectivity index is 5.03. The van der Waals surface area contributed by atoms with Crippen molar-refractivity contribution in [1.82, 2.24) is 0 Å². The monoisotopic (exact) mass is 1170 g/mol. The molecule has 4 atom stereocenters. The van der Waals surface area contributed by atoms with Gasteiger partial charge in [0.25, 0.3) is 0 Å². The highest BCUT2D eigenvalue weighted by Crippen LogP contribution is 2.22. The molecular formula is C64H116O12S3. The number of carbonyl (C=O) groups excluding carboxylic acids is 6. The van der Waals surface area contributed by atoms with Gasteiger partial charge in [-0.1, -0.05) is 161 Å². The van der Waals surface area contributed by atoms with Gasteiger partial charge in [-0.2, -0.15) is 37.9 Å². The quantitative estimate of drug-likeness (QED) is 0.0174. The standard InChI is InChI=1S/C64H116O12S3/c1-4-7-10-12-14-15-16-17-18-19-21-27-36-46-61(67)76-58(53-71-59(65)44-34-28-22-25-32-40-55(73-62(68)47-50-77)39-31-24-20-13-11-8-5-2)54-72-60(66)45-35-29-23-26-33-41-57(75-64(70)49-52-79)43-37-42-56(38-30-9-6-3)74-63(69)48-51-78/h15-16,55-58,77-79H,4-14,17-54H2,1-3H3. The van der Waals surface area contributed by atoms with Crippen molar-refractivity contribution in [1.29, 1.82) is 0 Å². The van der Waals surface area contributed by atoms with E-state index in [0.29, 0.717) is 49.4 Å². The summed E-state index contributed by atoms with van der Waals surface area (Å²) in [7, 11) is 0. The van der Waals surface area contributed by atoms with Gasteiger partial charge in [0.15, 0.2) is 6.10 Å². The summed E-state index contributed by atoms with van der Waals surface area (Å²) in [5.74, 6) is -0.426. The van der Waals surface area contributed by atoms with Crippen LogP contribution in [0.2, 0.25) is 0 Å². The zero-order chi connectivity index (χ0) is 58.1. The molecule has 462 valence electrons. The van der Waals surface area contributed by atoms with E-state index in [9.17, 15) is 28.8 Å². The Labute approximate surface area is 498 Å². The maximum absolute atomic E-state index is 13.0. The van der Waals surface area contributed by atoms with Gasteiger partial charge in [-0.15, -0.1) is 0 Å². The molecule has 4 unspecified atom stereocenters. The summed E-state index contributed by atoms with van der Waals surface area (Å²) in [4.78, 5) is 75.7. The molecule has 0 bridgehead atoms.